The summed E-state index contributed by atoms with van der Waals surface area (Å²) in [6.45, 7) is 4.86. The van der Waals surface area contributed by atoms with Crippen molar-refractivity contribution >= 4 is 17.5 Å². The van der Waals surface area contributed by atoms with Gasteiger partial charge >= 0.3 is 0 Å². The van der Waals surface area contributed by atoms with Crippen LogP contribution in [0.5, 0.6) is 0 Å². The van der Waals surface area contributed by atoms with E-state index in [2.05, 4.69) is 13.8 Å². The third-order valence-electron chi connectivity index (χ3n) is 4.97. The minimum atomic E-state index is -0.485. The molecule has 3 rings (SSSR count). The Kier molecular flexibility index (Phi) is 5.40. The van der Waals surface area contributed by atoms with Gasteiger partial charge in [0.1, 0.15) is 6.04 Å². The van der Waals surface area contributed by atoms with Crippen molar-refractivity contribution in [2.75, 3.05) is 18.5 Å². The van der Waals surface area contributed by atoms with Crippen LogP contribution in [0.2, 0.25) is 0 Å². The predicted molar refractivity (Wildman–Crippen MR) is 104 cm³/mol. The van der Waals surface area contributed by atoms with E-state index in [9.17, 15) is 9.59 Å². The SMILES string of the molecule is CC(C)CCN1C(=O)c2ccccc2N(C)C(=O)C1Cc1ccccc1. The maximum atomic E-state index is 13.3. The summed E-state index contributed by atoms with van der Waals surface area (Å²) in [7, 11) is 1.76. The van der Waals surface area contributed by atoms with E-state index in [1.54, 1.807) is 16.8 Å². The van der Waals surface area contributed by atoms with Gasteiger partial charge in [-0.05, 0) is 30.0 Å². The highest BCUT2D eigenvalue weighted by Gasteiger charge is 2.37. The summed E-state index contributed by atoms with van der Waals surface area (Å²) in [5.74, 6) is 0.377. The van der Waals surface area contributed by atoms with Crippen LogP contribution in [0.4, 0.5) is 5.69 Å². The normalized spacial score (nSPS) is 17.5. The van der Waals surface area contributed by atoms with Crippen LogP contribution in [0.25, 0.3) is 0 Å². The number of anilines is 1. The van der Waals surface area contributed by atoms with Crippen LogP contribution in [-0.4, -0.2) is 36.3 Å². The number of benzene rings is 2. The lowest BCUT2D eigenvalue weighted by Crippen LogP contribution is -2.49. The quantitative estimate of drug-likeness (QED) is 0.824. The monoisotopic (exact) mass is 350 g/mol. The summed E-state index contributed by atoms with van der Waals surface area (Å²) in [6.07, 6.45) is 1.40. The first-order chi connectivity index (χ1) is 12.5. The lowest BCUT2D eigenvalue weighted by Gasteiger charge is -2.30. The molecule has 0 saturated carbocycles. The largest absolute Gasteiger partial charge is 0.326 e. The van der Waals surface area contributed by atoms with Gasteiger partial charge in [-0.2, -0.15) is 0 Å². The average molecular weight is 350 g/mol. The van der Waals surface area contributed by atoms with E-state index < -0.39 is 6.04 Å². The molecular formula is C22H26N2O2. The van der Waals surface area contributed by atoms with Crippen molar-refractivity contribution in [2.45, 2.75) is 32.7 Å². The molecule has 1 unspecified atom stereocenters. The highest BCUT2D eigenvalue weighted by Crippen LogP contribution is 2.28. The Morgan fingerprint density at radius 2 is 1.62 bits per heavy atom. The Hall–Kier alpha value is -2.62. The van der Waals surface area contributed by atoms with Gasteiger partial charge in [-0.15, -0.1) is 0 Å². The maximum Gasteiger partial charge on any atom is 0.256 e. The number of hydrogen-bond acceptors (Lipinski definition) is 2. The van der Waals surface area contributed by atoms with E-state index in [4.69, 9.17) is 0 Å². The summed E-state index contributed by atoms with van der Waals surface area (Å²) < 4.78 is 0. The van der Waals surface area contributed by atoms with Crippen LogP contribution >= 0.6 is 0 Å². The van der Waals surface area contributed by atoms with Crippen LogP contribution in [-0.2, 0) is 11.2 Å². The Labute approximate surface area is 155 Å². The molecule has 136 valence electrons. The number of fused-ring (bicyclic) bond motifs is 1. The van der Waals surface area contributed by atoms with Gasteiger partial charge in [-0.3, -0.25) is 9.59 Å². The van der Waals surface area contributed by atoms with Gasteiger partial charge < -0.3 is 9.80 Å². The van der Waals surface area contributed by atoms with Crippen molar-refractivity contribution < 1.29 is 9.59 Å². The third kappa shape index (κ3) is 3.64. The smallest absolute Gasteiger partial charge is 0.256 e. The van der Waals surface area contributed by atoms with E-state index in [1.165, 1.54) is 0 Å². The summed E-state index contributed by atoms with van der Waals surface area (Å²) in [5, 5.41) is 0. The standard InChI is InChI=1S/C22H26N2O2/c1-16(2)13-14-24-20(15-17-9-5-4-6-10-17)22(26)23(3)19-12-8-7-11-18(19)21(24)25/h4-12,16,20H,13-15H2,1-3H3. The second kappa shape index (κ2) is 7.73. The van der Waals surface area contributed by atoms with Crippen LogP contribution in [0.1, 0.15) is 36.2 Å². The summed E-state index contributed by atoms with van der Waals surface area (Å²) in [6, 6.07) is 16.8. The van der Waals surface area contributed by atoms with Crippen molar-refractivity contribution in [3.63, 3.8) is 0 Å². The molecule has 2 aromatic rings. The number of carbonyl (C=O) groups is 2. The molecule has 0 aliphatic carbocycles. The highest BCUT2D eigenvalue weighted by molar-refractivity contribution is 6.10. The topological polar surface area (TPSA) is 40.6 Å². The molecule has 0 spiro atoms. The minimum absolute atomic E-state index is 0.0316. The van der Waals surface area contributed by atoms with Crippen molar-refractivity contribution in [1.82, 2.24) is 4.90 Å². The van der Waals surface area contributed by atoms with Crippen LogP contribution in [0.15, 0.2) is 54.6 Å². The second-order valence-corrected chi connectivity index (χ2v) is 7.30. The molecule has 0 fully saturated rings. The van der Waals surface area contributed by atoms with Gasteiger partial charge in [-0.25, -0.2) is 0 Å². The van der Waals surface area contributed by atoms with Gasteiger partial charge in [0.2, 0.25) is 5.91 Å². The molecule has 0 saturated heterocycles. The van der Waals surface area contributed by atoms with Crippen molar-refractivity contribution in [3.05, 3.63) is 65.7 Å². The summed E-state index contributed by atoms with van der Waals surface area (Å²) in [5.41, 5.74) is 2.35. The number of amides is 2. The van der Waals surface area contributed by atoms with E-state index >= 15 is 0 Å². The zero-order valence-corrected chi connectivity index (χ0v) is 15.7. The van der Waals surface area contributed by atoms with Gasteiger partial charge in [0, 0.05) is 20.0 Å². The van der Waals surface area contributed by atoms with Gasteiger partial charge in [-0.1, -0.05) is 56.3 Å². The number of likely N-dealkylation sites (N-methyl/N-ethyl adjacent to an activating group) is 1. The fourth-order valence-corrected chi connectivity index (χ4v) is 3.41. The van der Waals surface area contributed by atoms with E-state index in [1.807, 2.05) is 54.6 Å². The average Bonchev–Trinajstić information content (AvgIpc) is 2.72. The first kappa shape index (κ1) is 18.2. The number of rotatable bonds is 5. The first-order valence-corrected chi connectivity index (χ1v) is 9.20. The number of nitrogens with zero attached hydrogens (tertiary/aromatic N) is 2. The number of para-hydroxylation sites is 1. The Morgan fingerprint density at radius 1 is 0.962 bits per heavy atom. The second-order valence-electron chi connectivity index (χ2n) is 7.30. The molecular weight excluding hydrogens is 324 g/mol. The number of carbonyl (C=O) groups excluding carboxylic acids is 2. The Balaban J connectivity index is 2.01. The van der Waals surface area contributed by atoms with Gasteiger partial charge in [0.05, 0.1) is 11.3 Å². The van der Waals surface area contributed by atoms with Crippen LogP contribution < -0.4 is 4.90 Å². The van der Waals surface area contributed by atoms with Gasteiger partial charge in [0.25, 0.3) is 5.91 Å². The molecule has 0 N–H and O–H groups in total. The molecule has 4 nitrogen and oxygen atoms in total. The zero-order valence-electron chi connectivity index (χ0n) is 15.7. The Bertz CT molecular complexity index is 786. The minimum Gasteiger partial charge on any atom is -0.326 e. The molecule has 2 aromatic carbocycles. The van der Waals surface area contributed by atoms with Crippen molar-refractivity contribution in [3.8, 4) is 0 Å². The third-order valence-corrected chi connectivity index (χ3v) is 4.97. The Morgan fingerprint density at radius 3 is 2.31 bits per heavy atom. The van der Waals surface area contributed by atoms with E-state index in [-0.39, 0.29) is 11.8 Å². The summed E-state index contributed by atoms with van der Waals surface area (Å²) >= 11 is 0. The molecule has 0 radical (unpaired) electrons. The predicted octanol–water partition coefficient (Wildman–Crippen LogP) is 3.76. The fourth-order valence-electron chi connectivity index (χ4n) is 3.41. The molecule has 1 aliphatic heterocycles. The molecule has 0 aromatic heterocycles. The maximum absolute atomic E-state index is 13.3. The van der Waals surface area contributed by atoms with Crippen LogP contribution in [0.3, 0.4) is 0 Å². The lowest BCUT2D eigenvalue weighted by molar-refractivity contribution is -0.122. The van der Waals surface area contributed by atoms with Crippen molar-refractivity contribution in [2.24, 2.45) is 5.92 Å². The molecule has 1 aliphatic rings. The zero-order chi connectivity index (χ0) is 18.7. The molecule has 26 heavy (non-hydrogen) atoms. The van der Waals surface area contributed by atoms with Crippen molar-refractivity contribution in [1.29, 1.82) is 0 Å². The highest BCUT2D eigenvalue weighted by atomic mass is 16.2. The molecule has 1 heterocycles. The molecule has 1 atom stereocenters. The lowest BCUT2D eigenvalue weighted by atomic mass is 10.0. The summed E-state index contributed by atoms with van der Waals surface area (Å²) in [4.78, 5) is 29.9. The number of hydrogen-bond donors (Lipinski definition) is 0. The van der Waals surface area contributed by atoms with Crippen LogP contribution in [0, 0.1) is 5.92 Å². The van der Waals surface area contributed by atoms with Gasteiger partial charge in [0.15, 0.2) is 0 Å². The first-order valence-electron chi connectivity index (χ1n) is 9.20. The molecule has 4 heteroatoms. The molecule has 0 bridgehead atoms. The van der Waals surface area contributed by atoms with E-state index in [0.29, 0.717) is 30.1 Å². The van der Waals surface area contributed by atoms with E-state index in [0.717, 1.165) is 12.0 Å². The fraction of sp³-hybridized carbons (Fsp3) is 0.364. The molecule has 2 amide bonds.